The Hall–Kier alpha value is -3.82. The summed E-state index contributed by atoms with van der Waals surface area (Å²) in [4.78, 5) is 24.6. The highest BCUT2D eigenvalue weighted by molar-refractivity contribution is 6.03. The molecule has 0 aliphatic carbocycles. The van der Waals surface area contributed by atoms with Crippen LogP contribution in [0.3, 0.4) is 0 Å². The minimum atomic E-state index is -4.54. The molecule has 31 heavy (non-hydrogen) atoms. The Bertz CT molecular complexity index is 1310. The second kappa shape index (κ2) is 7.46. The van der Waals surface area contributed by atoms with Gasteiger partial charge in [-0.15, -0.1) is 0 Å². The van der Waals surface area contributed by atoms with Crippen molar-refractivity contribution in [2.75, 3.05) is 5.32 Å². The molecule has 0 saturated heterocycles. The first-order valence-electron chi connectivity index (χ1n) is 9.25. The maximum absolute atomic E-state index is 13.0. The number of pyridine rings is 1. The number of benzene rings is 1. The molecule has 0 aliphatic rings. The summed E-state index contributed by atoms with van der Waals surface area (Å²) in [7, 11) is 1.68. The van der Waals surface area contributed by atoms with E-state index in [-0.39, 0.29) is 11.4 Å². The van der Waals surface area contributed by atoms with Gasteiger partial charge in [-0.3, -0.25) is 9.48 Å². The molecule has 10 heteroatoms. The lowest BCUT2D eigenvalue weighted by molar-refractivity contribution is -0.141. The lowest BCUT2D eigenvalue weighted by Gasteiger charge is -2.11. The highest BCUT2D eigenvalue weighted by atomic mass is 19.4. The third kappa shape index (κ3) is 3.96. The molecule has 3 aromatic heterocycles. The predicted molar refractivity (Wildman–Crippen MR) is 108 cm³/mol. The molecular weight excluding hydrogens is 409 g/mol. The monoisotopic (exact) mass is 426 g/mol. The van der Waals surface area contributed by atoms with Crippen molar-refractivity contribution in [1.29, 1.82) is 0 Å². The van der Waals surface area contributed by atoms with Crippen molar-refractivity contribution in [3.05, 3.63) is 65.2 Å². The second-order valence-corrected chi connectivity index (χ2v) is 7.07. The second-order valence-electron chi connectivity index (χ2n) is 7.07. The summed E-state index contributed by atoms with van der Waals surface area (Å²) in [5, 5.41) is 6.81. The van der Waals surface area contributed by atoms with Crippen molar-refractivity contribution in [3.63, 3.8) is 0 Å². The number of rotatable bonds is 3. The number of aryl methyl sites for hydroxylation is 3. The molecule has 0 radical (unpaired) electrons. The van der Waals surface area contributed by atoms with Gasteiger partial charge in [0.2, 0.25) is 0 Å². The maximum Gasteiger partial charge on any atom is 0.433 e. The van der Waals surface area contributed by atoms with Crippen LogP contribution < -0.4 is 5.32 Å². The first kappa shape index (κ1) is 20.5. The van der Waals surface area contributed by atoms with E-state index >= 15 is 0 Å². The molecule has 3 heterocycles. The summed E-state index contributed by atoms with van der Waals surface area (Å²) in [5.41, 5.74) is 2.29. The zero-order valence-corrected chi connectivity index (χ0v) is 16.8. The van der Waals surface area contributed by atoms with Gasteiger partial charge in [-0.2, -0.15) is 18.3 Å². The summed E-state index contributed by atoms with van der Waals surface area (Å²) in [6.07, 6.45) is -1.71. The van der Waals surface area contributed by atoms with Crippen LogP contribution in [-0.2, 0) is 13.2 Å². The van der Waals surface area contributed by atoms with E-state index in [4.69, 9.17) is 0 Å². The van der Waals surface area contributed by atoms with E-state index in [0.29, 0.717) is 33.8 Å². The van der Waals surface area contributed by atoms with Crippen molar-refractivity contribution >= 4 is 22.6 Å². The molecule has 4 rings (SSSR count). The smallest absolute Gasteiger partial charge is 0.320 e. The Morgan fingerprint density at radius 3 is 2.48 bits per heavy atom. The molecule has 4 aromatic rings. The van der Waals surface area contributed by atoms with Crippen molar-refractivity contribution in [3.8, 4) is 11.4 Å². The average Bonchev–Trinajstić information content (AvgIpc) is 3.14. The highest BCUT2D eigenvalue weighted by Crippen LogP contribution is 2.31. The van der Waals surface area contributed by atoms with Gasteiger partial charge >= 0.3 is 6.18 Å². The summed E-state index contributed by atoms with van der Waals surface area (Å²) in [5.74, 6) is 0.0599. The Kier molecular flexibility index (Phi) is 4.92. The van der Waals surface area contributed by atoms with E-state index < -0.39 is 11.9 Å². The Labute approximate surface area is 175 Å². The molecule has 0 unspecified atom stereocenters. The summed E-state index contributed by atoms with van der Waals surface area (Å²) < 4.78 is 40.4. The van der Waals surface area contributed by atoms with E-state index in [2.05, 4.69) is 25.4 Å². The van der Waals surface area contributed by atoms with E-state index in [0.717, 1.165) is 11.6 Å². The van der Waals surface area contributed by atoms with Crippen LogP contribution >= 0.6 is 0 Å². The number of amides is 1. The van der Waals surface area contributed by atoms with Gasteiger partial charge in [-0.25, -0.2) is 15.0 Å². The van der Waals surface area contributed by atoms with Crippen LogP contribution in [0.1, 0.15) is 27.3 Å². The predicted octanol–water partition coefficient (Wildman–Crippen LogP) is 4.31. The molecular formula is C21H17F3N6O. The maximum atomic E-state index is 13.0. The van der Waals surface area contributed by atoms with Crippen LogP contribution in [-0.4, -0.2) is 30.6 Å². The Balaban J connectivity index is 1.65. The number of hydrogen-bond acceptors (Lipinski definition) is 5. The van der Waals surface area contributed by atoms with Crippen LogP contribution in [0.4, 0.5) is 18.9 Å². The minimum Gasteiger partial charge on any atom is -0.320 e. The van der Waals surface area contributed by atoms with Gasteiger partial charge in [-0.1, -0.05) is 0 Å². The average molecular weight is 426 g/mol. The SMILES string of the molecule is Cc1cc(-c2ncc3nc(C(F)(F)F)cc(C)c3n2)ccc1NC(=O)c1ccnn1C. The molecule has 0 bridgehead atoms. The fraction of sp³-hybridized carbons (Fsp3) is 0.190. The summed E-state index contributed by atoms with van der Waals surface area (Å²) >= 11 is 0. The van der Waals surface area contributed by atoms with Crippen LogP contribution in [0.15, 0.2) is 42.7 Å². The van der Waals surface area contributed by atoms with Crippen LogP contribution in [0.25, 0.3) is 22.4 Å². The number of nitrogens with one attached hydrogen (secondary N) is 1. The molecule has 0 spiro atoms. The van der Waals surface area contributed by atoms with Gasteiger partial charge in [0.05, 0.1) is 11.7 Å². The molecule has 1 N–H and O–H groups in total. The van der Waals surface area contributed by atoms with Gasteiger partial charge in [0.1, 0.15) is 16.9 Å². The highest BCUT2D eigenvalue weighted by Gasteiger charge is 2.33. The number of hydrogen-bond donors (Lipinski definition) is 1. The largest absolute Gasteiger partial charge is 0.433 e. The zero-order valence-electron chi connectivity index (χ0n) is 16.8. The van der Waals surface area contributed by atoms with Crippen LogP contribution in [0, 0.1) is 13.8 Å². The number of carbonyl (C=O) groups is 1. The molecule has 0 fully saturated rings. The van der Waals surface area contributed by atoms with Crippen molar-refractivity contribution < 1.29 is 18.0 Å². The third-order valence-corrected chi connectivity index (χ3v) is 4.81. The quantitative estimate of drug-likeness (QED) is 0.528. The number of nitrogens with zero attached hydrogens (tertiary/aromatic N) is 5. The normalized spacial score (nSPS) is 11.7. The number of anilines is 1. The lowest BCUT2D eigenvalue weighted by Crippen LogP contribution is -2.16. The fourth-order valence-electron chi connectivity index (χ4n) is 3.19. The topological polar surface area (TPSA) is 85.6 Å². The Morgan fingerprint density at radius 1 is 1.06 bits per heavy atom. The standard InChI is InChI=1S/C21H17F3N6O/c1-11-8-13(4-5-14(11)28-20(31)16-6-7-26-30(16)3)19-25-10-15-18(29-19)12(2)9-17(27-15)21(22,23)24/h4-10H,1-3H3,(H,28,31). The molecule has 0 atom stereocenters. The molecule has 158 valence electrons. The van der Waals surface area contributed by atoms with Crippen LogP contribution in [0.2, 0.25) is 0 Å². The van der Waals surface area contributed by atoms with Crippen LogP contribution in [0.5, 0.6) is 0 Å². The molecule has 0 saturated carbocycles. The molecule has 0 aliphatic heterocycles. The summed E-state index contributed by atoms with van der Waals surface area (Å²) in [6.45, 7) is 3.38. The van der Waals surface area contributed by atoms with Gasteiger partial charge in [-0.05, 0) is 55.3 Å². The van der Waals surface area contributed by atoms with Crippen molar-refractivity contribution in [1.82, 2.24) is 24.7 Å². The first-order chi connectivity index (χ1) is 14.6. The van der Waals surface area contributed by atoms with Gasteiger partial charge in [0.15, 0.2) is 5.82 Å². The van der Waals surface area contributed by atoms with Crippen molar-refractivity contribution in [2.24, 2.45) is 7.05 Å². The number of alkyl halides is 3. The summed E-state index contributed by atoms with van der Waals surface area (Å²) in [6, 6.07) is 7.85. The van der Waals surface area contributed by atoms with E-state index in [9.17, 15) is 18.0 Å². The number of carbonyl (C=O) groups excluding carboxylic acids is 1. The minimum absolute atomic E-state index is 0.0767. The van der Waals surface area contributed by atoms with E-state index in [1.165, 1.54) is 17.1 Å². The zero-order chi connectivity index (χ0) is 22.3. The molecule has 1 amide bonds. The molecule has 7 nitrogen and oxygen atoms in total. The van der Waals surface area contributed by atoms with E-state index in [1.54, 1.807) is 38.2 Å². The molecule has 1 aromatic carbocycles. The number of fused-ring (bicyclic) bond motifs is 1. The van der Waals surface area contributed by atoms with Gasteiger partial charge in [0, 0.05) is 24.5 Å². The lowest BCUT2D eigenvalue weighted by atomic mass is 10.1. The fourth-order valence-corrected chi connectivity index (χ4v) is 3.19. The van der Waals surface area contributed by atoms with Crippen molar-refractivity contribution in [2.45, 2.75) is 20.0 Å². The number of aromatic nitrogens is 5. The van der Waals surface area contributed by atoms with Gasteiger partial charge in [0.25, 0.3) is 5.91 Å². The third-order valence-electron chi connectivity index (χ3n) is 4.81. The van der Waals surface area contributed by atoms with Gasteiger partial charge < -0.3 is 5.32 Å². The van der Waals surface area contributed by atoms with E-state index in [1.807, 2.05) is 6.92 Å². The Morgan fingerprint density at radius 2 is 1.84 bits per heavy atom. The number of halogens is 3. The first-order valence-corrected chi connectivity index (χ1v) is 9.25.